The second-order valence-corrected chi connectivity index (χ2v) is 6.38. The number of hydrogen-bond acceptors (Lipinski definition) is 2. The Labute approximate surface area is 139 Å². The minimum Gasteiger partial charge on any atom is -0.338 e. The van der Waals surface area contributed by atoms with Crippen LogP contribution in [0.2, 0.25) is 0 Å². The quantitative estimate of drug-likeness (QED) is 0.825. The normalized spacial score (nSPS) is 13.4. The highest BCUT2D eigenvalue weighted by molar-refractivity contribution is 9.10. The second kappa shape index (κ2) is 7.98. The second-order valence-electron chi connectivity index (χ2n) is 5.46. The largest absolute Gasteiger partial charge is 0.338 e. The third-order valence-corrected chi connectivity index (χ3v) is 3.86. The summed E-state index contributed by atoms with van der Waals surface area (Å²) in [5, 5.41) is 10.0. The van der Waals surface area contributed by atoms with Gasteiger partial charge in [0.25, 0.3) is 0 Å². The Morgan fingerprint density at radius 1 is 1.36 bits per heavy atom. The maximum Gasteiger partial charge on any atom is 0.315 e. The van der Waals surface area contributed by atoms with Crippen LogP contribution < -0.4 is 10.6 Å². The summed E-state index contributed by atoms with van der Waals surface area (Å²) in [6.45, 7) is 5.44. The highest BCUT2D eigenvalue weighted by Gasteiger charge is 2.11. The first-order chi connectivity index (χ1) is 10.5. The number of carbonyl (C=O) groups excluding carboxylic acids is 1. The number of aromatic nitrogens is 2. The Morgan fingerprint density at radius 2 is 2.18 bits per heavy atom. The van der Waals surface area contributed by atoms with E-state index >= 15 is 0 Å². The van der Waals surface area contributed by atoms with Gasteiger partial charge in [0, 0.05) is 30.0 Å². The number of hydrogen-bond donors (Lipinski definition) is 2. The van der Waals surface area contributed by atoms with E-state index in [9.17, 15) is 4.79 Å². The van der Waals surface area contributed by atoms with Gasteiger partial charge >= 0.3 is 6.03 Å². The first kappa shape index (κ1) is 16.5. The lowest BCUT2D eigenvalue weighted by Crippen LogP contribution is -2.39. The predicted molar refractivity (Wildman–Crippen MR) is 90.5 cm³/mol. The van der Waals surface area contributed by atoms with Gasteiger partial charge in [-0.15, -0.1) is 0 Å². The van der Waals surface area contributed by atoms with Crippen LogP contribution in [-0.2, 0) is 6.54 Å². The molecule has 0 radical (unpaired) electrons. The van der Waals surface area contributed by atoms with E-state index in [0.29, 0.717) is 12.5 Å². The summed E-state index contributed by atoms with van der Waals surface area (Å²) >= 11 is 3.44. The Kier molecular flexibility index (Phi) is 6.00. The SMILES string of the molecule is CC(CNC(=O)NC(C)c1cccc(Br)c1)Cn1cccn1. The van der Waals surface area contributed by atoms with Crippen molar-refractivity contribution in [2.24, 2.45) is 5.92 Å². The van der Waals surface area contributed by atoms with Crippen molar-refractivity contribution < 1.29 is 4.79 Å². The van der Waals surface area contributed by atoms with Crippen LogP contribution in [0.25, 0.3) is 0 Å². The van der Waals surface area contributed by atoms with Crippen molar-refractivity contribution in [2.45, 2.75) is 26.4 Å². The number of halogens is 1. The van der Waals surface area contributed by atoms with Crippen LogP contribution in [0, 0.1) is 5.92 Å². The summed E-state index contributed by atoms with van der Waals surface area (Å²) in [6, 6.07) is 9.63. The van der Waals surface area contributed by atoms with E-state index in [2.05, 4.69) is 38.6 Å². The van der Waals surface area contributed by atoms with E-state index in [1.807, 2.05) is 48.1 Å². The molecule has 0 aliphatic carbocycles. The molecule has 2 N–H and O–H groups in total. The fourth-order valence-electron chi connectivity index (χ4n) is 2.17. The molecule has 22 heavy (non-hydrogen) atoms. The zero-order valence-corrected chi connectivity index (χ0v) is 14.4. The van der Waals surface area contributed by atoms with Gasteiger partial charge in [0.15, 0.2) is 0 Å². The lowest BCUT2D eigenvalue weighted by atomic mass is 10.1. The molecule has 0 fully saturated rings. The van der Waals surface area contributed by atoms with Gasteiger partial charge in [-0.2, -0.15) is 5.10 Å². The average molecular weight is 365 g/mol. The van der Waals surface area contributed by atoms with Gasteiger partial charge in [0.05, 0.1) is 6.04 Å². The average Bonchev–Trinajstić information content (AvgIpc) is 2.98. The van der Waals surface area contributed by atoms with Gasteiger partial charge in [-0.05, 0) is 36.6 Å². The third kappa shape index (κ3) is 5.18. The van der Waals surface area contributed by atoms with Gasteiger partial charge < -0.3 is 10.6 Å². The molecule has 118 valence electrons. The van der Waals surface area contributed by atoms with Crippen molar-refractivity contribution in [3.05, 3.63) is 52.8 Å². The molecule has 2 unspecified atom stereocenters. The minimum absolute atomic E-state index is 0.0427. The highest BCUT2D eigenvalue weighted by atomic mass is 79.9. The van der Waals surface area contributed by atoms with E-state index < -0.39 is 0 Å². The fourth-order valence-corrected chi connectivity index (χ4v) is 2.58. The molecule has 0 aliphatic rings. The fraction of sp³-hybridized carbons (Fsp3) is 0.375. The summed E-state index contributed by atoms with van der Waals surface area (Å²) in [5.74, 6) is 0.312. The molecule has 1 aromatic carbocycles. The number of rotatable bonds is 6. The van der Waals surface area contributed by atoms with Crippen LogP contribution in [0.5, 0.6) is 0 Å². The van der Waals surface area contributed by atoms with Crippen molar-refractivity contribution in [3.8, 4) is 0 Å². The smallest absolute Gasteiger partial charge is 0.315 e. The van der Waals surface area contributed by atoms with Gasteiger partial charge in [-0.25, -0.2) is 4.79 Å². The molecule has 0 bridgehead atoms. The summed E-state index contributed by atoms with van der Waals surface area (Å²) in [7, 11) is 0. The molecule has 0 aliphatic heterocycles. The third-order valence-electron chi connectivity index (χ3n) is 3.37. The Bertz CT molecular complexity index is 600. The van der Waals surface area contributed by atoms with Crippen LogP contribution in [0.15, 0.2) is 47.2 Å². The van der Waals surface area contributed by atoms with Crippen molar-refractivity contribution in [1.29, 1.82) is 0 Å². The summed E-state index contributed by atoms with van der Waals surface area (Å²) < 4.78 is 2.88. The van der Waals surface area contributed by atoms with Crippen molar-refractivity contribution >= 4 is 22.0 Å². The molecule has 2 rings (SSSR count). The molecule has 0 spiro atoms. The molecule has 5 nitrogen and oxygen atoms in total. The predicted octanol–water partition coefficient (Wildman–Crippen LogP) is 3.34. The molecule has 2 amide bonds. The molecule has 1 heterocycles. The lowest BCUT2D eigenvalue weighted by Gasteiger charge is -2.17. The Morgan fingerprint density at radius 3 is 2.86 bits per heavy atom. The molecule has 0 saturated carbocycles. The zero-order chi connectivity index (χ0) is 15.9. The maximum absolute atomic E-state index is 12.0. The van der Waals surface area contributed by atoms with Gasteiger partial charge in [0.1, 0.15) is 0 Å². The van der Waals surface area contributed by atoms with Gasteiger partial charge in [-0.3, -0.25) is 4.68 Å². The van der Waals surface area contributed by atoms with Crippen LogP contribution in [0.1, 0.15) is 25.5 Å². The van der Waals surface area contributed by atoms with E-state index in [1.54, 1.807) is 6.20 Å². The highest BCUT2D eigenvalue weighted by Crippen LogP contribution is 2.17. The first-order valence-electron chi connectivity index (χ1n) is 7.32. The van der Waals surface area contributed by atoms with E-state index in [4.69, 9.17) is 0 Å². The molecule has 0 saturated heterocycles. The number of nitrogens with zero attached hydrogens (tertiary/aromatic N) is 2. The van der Waals surface area contributed by atoms with Crippen molar-refractivity contribution in [3.63, 3.8) is 0 Å². The molecule has 2 atom stereocenters. The van der Waals surface area contributed by atoms with Crippen LogP contribution in [-0.4, -0.2) is 22.4 Å². The topological polar surface area (TPSA) is 59.0 Å². The van der Waals surface area contributed by atoms with Gasteiger partial charge in [0.2, 0.25) is 0 Å². The first-order valence-corrected chi connectivity index (χ1v) is 8.11. The van der Waals surface area contributed by atoms with Crippen LogP contribution in [0.3, 0.4) is 0 Å². The number of nitrogens with one attached hydrogen (secondary N) is 2. The van der Waals surface area contributed by atoms with E-state index in [0.717, 1.165) is 16.6 Å². The standard InChI is InChI=1S/C16H21BrN4O/c1-12(11-21-8-4-7-19-21)10-18-16(22)20-13(2)14-5-3-6-15(17)9-14/h3-9,12-13H,10-11H2,1-2H3,(H2,18,20,22). The number of urea groups is 1. The summed E-state index contributed by atoms with van der Waals surface area (Å²) in [4.78, 5) is 12.0. The number of amides is 2. The molecule has 2 aromatic rings. The number of benzene rings is 1. The van der Waals surface area contributed by atoms with Crippen LogP contribution in [0.4, 0.5) is 4.79 Å². The molecule has 6 heteroatoms. The number of carbonyl (C=O) groups is 1. The van der Waals surface area contributed by atoms with Crippen LogP contribution >= 0.6 is 15.9 Å². The monoisotopic (exact) mass is 364 g/mol. The summed E-state index contributed by atoms with van der Waals surface area (Å²) in [5.41, 5.74) is 1.06. The lowest BCUT2D eigenvalue weighted by molar-refractivity contribution is 0.235. The van der Waals surface area contributed by atoms with E-state index in [1.165, 1.54) is 0 Å². The Balaban J connectivity index is 1.75. The summed E-state index contributed by atoms with van der Waals surface area (Å²) in [6.07, 6.45) is 3.68. The van der Waals surface area contributed by atoms with E-state index in [-0.39, 0.29) is 12.1 Å². The minimum atomic E-state index is -0.153. The molecular weight excluding hydrogens is 344 g/mol. The van der Waals surface area contributed by atoms with Crippen molar-refractivity contribution in [2.75, 3.05) is 6.54 Å². The Hall–Kier alpha value is -1.82. The molecular formula is C16H21BrN4O. The van der Waals surface area contributed by atoms with Gasteiger partial charge in [-0.1, -0.05) is 35.0 Å². The maximum atomic E-state index is 12.0. The molecule has 1 aromatic heterocycles. The zero-order valence-electron chi connectivity index (χ0n) is 12.8. The van der Waals surface area contributed by atoms with Crippen molar-refractivity contribution in [1.82, 2.24) is 20.4 Å².